The summed E-state index contributed by atoms with van der Waals surface area (Å²) in [5, 5.41) is 4.75. The Morgan fingerprint density at radius 1 is 1.35 bits per heavy atom. The van der Waals surface area contributed by atoms with Crippen molar-refractivity contribution in [1.82, 2.24) is 0 Å². The van der Waals surface area contributed by atoms with Crippen molar-refractivity contribution in [3.8, 4) is 0 Å². The third kappa shape index (κ3) is 3.85. The van der Waals surface area contributed by atoms with Crippen LogP contribution in [-0.4, -0.2) is 31.6 Å². The van der Waals surface area contributed by atoms with Crippen molar-refractivity contribution in [3.05, 3.63) is 46.3 Å². The monoisotopic (exact) mass is 380 g/mol. The normalized spacial score (nSPS) is 13.3. The van der Waals surface area contributed by atoms with Crippen LogP contribution in [0.1, 0.15) is 29.3 Å². The van der Waals surface area contributed by atoms with Crippen LogP contribution >= 0.6 is 11.3 Å². The van der Waals surface area contributed by atoms with Gasteiger partial charge in [-0.3, -0.25) is 4.79 Å². The fraction of sp³-hybridized carbons (Fsp3) is 0.333. The van der Waals surface area contributed by atoms with E-state index in [2.05, 4.69) is 5.32 Å². The number of esters is 1. The molecule has 5 nitrogen and oxygen atoms in total. The Balaban J connectivity index is 1.73. The first-order chi connectivity index (χ1) is 12.5. The molecule has 0 saturated heterocycles. The molecule has 2 heterocycles. The van der Waals surface area contributed by atoms with E-state index in [0.29, 0.717) is 30.0 Å². The molecule has 1 aromatic carbocycles. The van der Waals surface area contributed by atoms with Crippen molar-refractivity contribution in [2.45, 2.75) is 19.8 Å². The summed E-state index contributed by atoms with van der Waals surface area (Å²) >= 11 is 1.21. The lowest BCUT2D eigenvalue weighted by Crippen LogP contribution is -2.37. The molecular weight excluding hydrogens is 362 g/mol. The molecule has 0 bridgehead atoms. The molecule has 138 valence electrons. The summed E-state index contributed by atoms with van der Waals surface area (Å²) in [6.45, 7) is 2.35. The summed E-state index contributed by atoms with van der Waals surface area (Å²) in [6.07, 6.45) is 1.27. The van der Waals surface area contributed by atoms with E-state index in [0.717, 1.165) is 6.07 Å². The molecule has 0 spiro atoms. The van der Waals surface area contributed by atoms with Crippen LogP contribution in [0.2, 0.25) is 0 Å². The number of thiophene rings is 1. The number of hydrogen-bond donors (Lipinski definition) is 1. The smallest absolute Gasteiger partial charge is 0.341 e. The average Bonchev–Trinajstić information content (AvgIpc) is 3.02. The summed E-state index contributed by atoms with van der Waals surface area (Å²) in [7, 11) is 0. The van der Waals surface area contributed by atoms with Gasteiger partial charge in [-0.05, 0) is 42.8 Å². The van der Waals surface area contributed by atoms with Gasteiger partial charge in [0.05, 0.1) is 24.4 Å². The van der Waals surface area contributed by atoms with E-state index in [1.807, 2.05) is 0 Å². The van der Waals surface area contributed by atoms with Crippen molar-refractivity contribution in [3.63, 3.8) is 0 Å². The molecule has 2 aromatic rings. The number of amides is 1. The number of aryl methyl sites for hydroxylation is 1. The molecular formula is C18H18F2N2O3S. The van der Waals surface area contributed by atoms with Crippen LogP contribution in [0, 0.1) is 11.6 Å². The van der Waals surface area contributed by atoms with Crippen molar-refractivity contribution >= 4 is 33.9 Å². The fourth-order valence-corrected chi connectivity index (χ4v) is 3.80. The van der Waals surface area contributed by atoms with Gasteiger partial charge in [0.2, 0.25) is 5.91 Å². The second-order valence-corrected chi connectivity index (χ2v) is 6.77. The Morgan fingerprint density at radius 3 is 2.92 bits per heavy atom. The van der Waals surface area contributed by atoms with Crippen molar-refractivity contribution in [2.75, 3.05) is 29.9 Å². The number of nitrogens with one attached hydrogen (secondary N) is 1. The SMILES string of the molecule is CCOC(=O)c1ccsc1NC(=O)CN1CCCc2cc(F)cc(F)c21. The molecule has 0 radical (unpaired) electrons. The Kier molecular flexibility index (Phi) is 5.51. The van der Waals surface area contributed by atoms with Gasteiger partial charge in [0, 0.05) is 12.6 Å². The van der Waals surface area contributed by atoms with Gasteiger partial charge < -0.3 is 15.0 Å². The minimum atomic E-state index is -0.671. The number of anilines is 2. The van der Waals surface area contributed by atoms with E-state index >= 15 is 0 Å². The highest BCUT2D eigenvalue weighted by atomic mass is 32.1. The summed E-state index contributed by atoms with van der Waals surface area (Å²) < 4.78 is 32.5. The van der Waals surface area contributed by atoms with Gasteiger partial charge >= 0.3 is 5.97 Å². The molecule has 1 aromatic heterocycles. The highest BCUT2D eigenvalue weighted by Gasteiger charge is 2.24. The van der Waals surface area contributed by atoms with Crippen molar-refractivity contribution < 1.29 is 23.1 Å². The Bertz CT molecular complexity index is 838. The first-order valence-corrected chi connectivity index (χ1v) is 9.15. The van der Waals surface area contributed by atoms with Gasteiger partial charge in [0.15, 0.2) is 0 Å². The predicted molar refractivity (Wildman–Crippen MR) is 95.8 cm³/mol. The molecule has 0 aliphatic carbocycles. The van der Waals surface area contributed by atoms with Crippen LogP contribution in [-0.2, 0) is 16.0 Å². The van der Waals surface area contributed by atoms with Crippen LogP contribution in [0.4, 0.5) is 19.5 Å². The zero-order valence-electron chi connectivity index (χ0n) is 14.2. The molecule has 0 atom stereocenters. The maximum absolute atomic E-state index is 14.2. The van der Waals surface area contributed by atoms with E-state index in [-0.39, 0.29) is 30.3 Å². The number of nitrogens with zero attached hydrogens (tertiary/aromatic N) is 1. The quantitative estimate of drug-likeness (QED) is 0.806. The van der Waals surface area contributed by atoms with Crippen LogP contribution in [0.15, 0.2) is 23.6 Å². The third-order valence-electron chi connectivity index (χ3n) is 4.05. The van der Waals surface area contributed by atoms with Gasteiger partial charge in [-0.1, -0.05) is 0 Å². The van der Waals surface area contributed by atoms with E-state index in [1.165, 1.54) is 17.4 Å². The number of ether oxygens (including phenoxy) is 1. The average molecular weight is 380 g/mol. The summed E-state index contributed by atoms with van der Waals surface area (Å²) in [5.74, 6) is -2.18. The second-order valence-electron chi connectivity index (χ2n) is 5.85. The topological polar surface area (TPSA) is 58.6 Å². The number of halogens is 2. The van der Waals surface area contributed by atoms with Crippen LogP contribution in [0.3, 0.4) is 0 Å². The minimum Gasteiger partial charge on any atom is -0.462 e. The zero-order chi connectivity index (χ0) is 18.7. The standard InChI is InChI=1S/C18H18F2N2O3S/c1-2-25-18(24)13-5-7-26-17(13)21-15(23)10-22-6-3-4-11-8-12(19)9-14(20)16(11)22/h5,7-9H,2-4,6,10H2,1H3,(H,21,23). The van der Waals surface area contributed by atoms with Gasteiger partial charge in [0.25, 0.3) is 0 Å². The second kappa shape index (κ2) is 7.82. The molecule has 1 amide bonds. The number of carbonyl (C=O) groups excluding carboxylic acids is 2. The third-order valence-corrected chi connectivity index (χ3v) is 4.88. The largest absolute Gasteiger partial charge is 0.462 e. The van der Waals surface area contributed by atoms with E-state index in [9.17, 15) is 18.4 Å². The number of carbonyl (C=O) groups is 2. The van der Waals surface area contributed by atoms with Gasteiger partial charge in [-0.25, -0.2) is 13.6 Å². The summed E-state index contributed by atoms with van der Waals surface area (Å²) in [6, 6.07) is 3.71. The Hall–Kier alpha value is -2.48. The molecule has 0 unspecified atom stereocenters. The lowest BCUT2D eigenvalue weighted by atomic mass is 10.0. The number of benzene rings is 1. The van der Waals surface area contributed by atoms with Crippen molar-refractivity contribution in [2.24, 2.45) is 0 Å². The highest BCUT2D eigenvalue weighted by molar-refractivity contribution is 7.14. The lowest BCUT2D eigenvalue weighted by molar-refractivity contribution is -0.115. The number of hydrogen-bond acceptors (Lipinski definition) is 5. The summed E-state index contributed by atoms with van der Waals surface area (Å²) in [5.41, 5.74) is 1.12. The minimum absolute atomic E-state index is 0.0876. The Morgan fingerprint density at radius 2 is 2.15 bits per heavy atom. The first-order valence-electron chi connectivity index (χ1n) is 8.27. The number of rotatable bonds is 5. The van der Waals surface area contributed by atoms with Gasteiger partial charge in [-0.2, -0.15) is 0 Å². The molecule has 8 heteroatoms. The zero-order valence-corrected chi connectivity index (χ0v) is 15.0. The van der Waals surface area contributed by atoms with Gasteiger partial charge in [-0.15, -0.1) is 11.3 Å². The molecule has 0 saturated carbocycles. The molecule has 3 rings (SSSR count). The van der Waals surface area contributed by atoms with Gasteiger partial charge in [0.1, 0.15) is 16.6 Å². The predicted octanol–water partition coefficient (Wildman–Crippen LogP) is 3.59. The molecule has 1 N–H and O–H groups in total. The molecule has 1 aliphatic heterocycles. The van der Waals surface area contributed by atoms with E-state index < -0.39 is 17.6 Å². The fourth-order valence-electron chi connectivity index (χ4n) is 3.01. The molecule has 26 heavy (non-hydrogen) atoms. The molecule has 1 aliphatic rings. The van der Waals surface area contributed by atoms with Crippen molar-refractivity contribution in [1.29, 1.82) is 0 Å². The maximum atomic E-state index is 14.2. The van der Waals surface area contributed by atoms with E-state index in [1.54, 1.807) is 23.3 Å². The first kappa shape index (κ1) is 18.3. The lowest BCUT2D eigenvalue weighted by Gasteiger charge is -2.31. The Labute approximate surface area is 153 Å². The number of fused-ring (bicyclic) bond motifs is 1. The van der Waals surface area contributed by atoms with E-state index in [4.69, 9.17) is 4.74 Å². The van der Waals surface area contributed by atoms with Crippen LogP contribution < -0.4 is 10.2 Å². The highest BCUT2D eigenvalue weighted by Crippen LogP contribution is 2.31. The molecule has 0 fully saturated rings. The van der Waals surface area contributed by atoms with Crippen LogP contribution in [0.5, 0.6) is 0 Å². The summed E-state index contributed by atoms with van der Waals surface area (Å²) in [4.78, 5) is 25.9. The van der Waals surface area contributed by atoms with Crippen LogP contribution in [0.25, 0.3) is 0 Å². The maximum Gasteiger partial charge on any atom is 0.341 e.